The molecule has 0 aliphatic rings. The maximum Gasteiger partial charge on any atom is 0.267 e. The summed E-state index contributed by atoms with van der Waals surface area (Å²) in [7, 11) is -3.83. The first-order valence-electron chi connectivity index (χ1n) is 7.88. The molecule has 2 amide bonds. The van der Waals surface area contributed by atoms with Crippen LogP contribution in [0, 0.1) is 11.3 Å². The van der Waals surface area contributed by atoms with Gasteiger partial charge in [-0.3, -0.25) is 9.59 Å². The first-order chi connectivity index (χ1) is 13.2. The zero-order valence-corrected chi connectivity index (χ0v) is 15.6. The van der Waals surface area contributed by atoms with E-state index in [2.05, 4.69) is 16.0 Å². The Morgan fingerprint density at radius 2 is 1.68 bits per heavy atom. The molecule has 2 aromatic carbocycles. The Morgan fingerprint density at radius 3 is 2.25 bits per heavy atom. The number of nitriles is 1. The molecule has 0 aliphatic carbocycles. The lowest BCUT2D eigenvalue weighted by Gasteiger charge is -2.07. The van der Waals surface area contributed by atoms with Gasteiger partial charge < -0.3 is 16.0 Å². The maximum absolute atomic E-state index is 12.2. The largest absolute Gasteiger partial charge is 0.360 e. The van der Waals surface area contributed by atoms with Crippen LogP contribution in [0.5, 0.6) is 0 Å². The van der Waals surface area contributed by atoms with Crippen LogP contribution in [-0.2, 0) is 19.6 Å². The number of benzene rings is 2. The van der Waals surface area contributed by atoms with Gasteiger partial charge in [0.25, 0.3) is 5.91 Å². The molecule has 10 heteroatoms. The zero-order valence-electron chi connectivity index (χ0n) is 14.8. The molecule has 144 valence electrons. The summed E-state index contributed by atoms with van der Waals surface area (Å²) in [5.41, 5.74) is 1.21. The fourth-order valence-electron chi connectivity index (χ4n) is 2.12. The van der Waals surface area contributed by atoms with Gasteiger partial charge in [-0.15, -0.1) is 0 Å². The lowest BCUT2D eigenvalue weighted by molar-refractivity contribution is -0.114. The Morgan fingerprint density at radius 1 is 1.04 bits per heavy atom. The number of primary sulfonamides is 1. The van der Waals surface area contributed by atoms with Crippen LogP contribution >= 0.6 is 0 Å². The van der Waals surface area contributed by atoms with Crippen molar-refractivity contribution in [2.24, 2.45) is 5.14 Å². The molecule has 0 heterocycles. The van der Waals surface area contributed by atoms with E-state index in [1.54, 1.807) is 30.3 Å². The number of rotatable bonds is 6. The lowest BCUT2D eigenvalue weighted by Crippen LogP contribution is -2.15. The molecule has 0 atom stereocenters. The van der Waals surface area contributed by atoms with Crippen molar-refractivity contribution in [1.29, 1.82) is 5.26 Å². The SMILES string of the molecule is CC(=O)Nc1cccc(N/C=C(/C#N)C(=O)Nc2ccc(S(N)(=O)=O)cc2)c1. The molecule has 9 nitrogen and oxygen atoms in total. The third kappa shape index (κ3) is 5.94. The average Bonchev–Trinajstić information content (AvgIpc) is 2.61. The highest BCUT2D eigenvalue weighted by molar-refractivity contribution is 7.89. The van der Waals surface area contributed by atoms with Gasteiger partial charge in [0.15, 0.2) is 0 Å². The van der Waals surface area contributed by atoms with Crippen molar-refractivity contribution < 1.29 is 18.0 Å². The van der Waals surface area contributed by atoms with Crippen LogP contribution in [0.2, 0.25) is 0 Å². The summed E-state index contributed by atoms with van der Waals surface area (Å²) >= 11 is 0. The fraction of sp³-hybridized carbons (Fsp3) is 0.0556. The molecular weight excluding hydrogens is 382 g/mol. The molecule has 0 saturated heterocycles. The van der Waals surface area contributed by atoms with Gasteiger partial charge in [0.05, 0.1) is 4.90 Å². The summed E-state index contributed by atoms with van der Waals surface area (Å²) in [6, 6.07) is 13.7. The number of sulfonamides is 1. The smallest absolute Gasteiger partial charge is 0.267 e. The van der Waals surface area contributed by atoms with Crippen molar-refractivity contribution in [2.75, 3.05) is 16.0 Å². The Hall–Kier alpha value is -3.68. The van der Waals surface area contributed by atoms with Gasteiger partial charge in [-0.25, -0.2) is 13.6 Å². The number of nitrogens with zero attached hydrogens (tertiary/aromatic N) is 1. The second-order valence-corrected chi connectivity index (χ2v) is 7.16. The minimum absolute atomic E-state index is 0.0951. The van der Waals surface area contributed by atoms with E-state index in [0.717, 1.165) is 0 Å². The second kappa shape index (κ2) is 8.81. The number of nitrogens with one attached hydrogen (secondary N) is 3. The summed E-state index contributed by atoms with van der Waals surface area (Å²) < 4.78 is 22.5. The van der Waals surface area contributed by atoms with Crippen molar-refractivity contribution in [2.45, 2.75) is 11.8 Å². The lowest BCUT2D eigenvalue weighted by atomic mass is 10.2. The van der Waals surface area contributed by atoms with E-state index >= 15 is 0 Å². The number of hydrogen-bond donors (Lipinski definition) is 4. The normalized spacial score (nSPS) is 11.2. The third-order valence-electron chi connectivity index (χ3n) is 3.37. The van der Waals surface area contributed by atoms with E-state index in [9.17, 15) is 23.3 Å². The molecule has 0 spiro atoms. The van der Waals surface area contributed by atoms with Crippen LogP contribution in [0.15, 0.2) is 65.2 Å². The van der Waals surface area contributed by atoms with Crippen molar-refractivity contribution in [3.8, 4) is 6.07 Å². The molecular formula is C18H17N5O4S. The van der Waals surface area contributed by atoms with Gasteiger partial charge in [-0.05, 0) is 42.5 Å². The van der Waals surface area contributed by atoms with E-state index in [1.165, 1.54) is 37.4 Å². The van der Waals surface area contributed by atoms with Crippen LogP contribution in [0.4, 0.5) is 17.1 Å². The summed E-state index contributed by atoms with van der Waals surface area (Å²) in [6.45, 7) is 1.38. The van der Waals surface area contributed by atoms with Crippen molar-refractivity contribution in [3.63, 3.8) is 0 Å². The summed E-state index contributed by atoms with van der Waals surface area (Å²) in [5.74, 6) is -0.908. The summed E-state index contributed by atoms with van der Waals surface area (Å²) in [5, 5.41) is 22.1. The van der Waals surface area contributed by atoms with E-state index in [4.69, 9.17) is 5.14 Å². The second-order valence-electron chi connectivity index (χ2n) is 5.60. The first-order valence-corrected chi connectivity index (χ1v) is 9.42. The van der Waals surface area contributed by atoms with Gasteiger partial charge in [0, 0.05) is 30.2 Å². The number of amides is 2. The average molecular weight is 399 g/mol. The predicted molar refractivity (Wildman–Crippen MR) is 105 cm³/mol. The minimum atomic E-state index is -3.83. The standard InChI is InChI=1S/C18H17N5O4S/c1-12(24)22-16-4-2-3-15(9-16)21-11-13(10-19)18(25)23-14-5-7-17(8-6-14)28(20,26)27/h2-9,11,21H,1H3,(H,22,24)(H,23,25)(H2,20,26,27)/b13-11-. The first kappa shape index (κ1) is 20.6. The molecule has 0 bridgehead atoms. The van der Waals surface area contributed by atoms with Gasteiger partial charge in [-0.1, -0.05) is 6.07 Å². The number of carbonyl (C=O) groups excluding carboxylic acids is 2. The van der Waals surface area contributed by atoms with E-state index in [1.807, 2.05) is 0 Å². The maximum atomic E-state index is 12.2. The molecule has 0 fully saturated rings. The molecule has 0 unspecified atom stereocenters. The number of hydrogen-bond acceptors (Lipinski definition) is 6. The topological polar surface area (TPSA) is 154 Å². The number of anilines is 3. The third-order valence-corrected chi connectivity index (χ3v) is 4.30. The van der Waals surface area contributed by atoms with E-state index in [0.29, 0.717) is 17.1 Å². The highest BCUT2D eigenvalue weighted by Crippen LogP contribution is 2.16. The monoisotopic (exact) mass is 399 g/mol. The zero-order chi connectivity index (χ0) is 20.7. The van der Waals surface area contributed by atoms with Gasteiger partial charge in [-0.2, -0.15) is 5.26 Å². The predicted octanol–water partition coefficient (Wildman–Crippen LogP) is 1.75. The van der Waals surface area contributed by atoms with Gasteiger partial charge in [0.1, 0.15) is 11.6 Å². The molecule has 5 N–H and O–H groups in total. The van der Waals surface area contributed by atoms with Crippen molar-refractivity contribution in [3.05, 3.63) is 60.3 Å². The Bertz CT molecular complexity index is 1070. The Labute approximate surface area is 161 Å². The van der Waals surface area contributed by atoms with E-state index < -0.39 is 15.9 Å². The quantitative estimate of drug-likeness (QED) is 0.428. The van der Waals surface area contributed by atoms with Crippen LogP contribution in [-0.4, -0.2) is 20.2 Å². The molecule has 0 aliphatic heterocycles. The van der Waals surface area contributed by atoms with Crippen LogP contribution in [0.25, 0.3) is 0 Å². The van der Waals surface area contributed by atoms with Gasteiger partial charge >= 0.3 is 0 Å². The molecule has 0 saturated carbocycles. The number of nitrogens with two attached hydrogens (primary N) is 1. The molecule has 2 aromatic rings. The number of carbonyl (C=O) groups is 2. The van der Waals surface area contributed by atoms with Crippen LogP contribution < -0.4 is 21.1 Å². The molecule has 2 rings (SSSR count). The van der Waals surface area contributed by atoms with Crippen molar-refractivity contribution in [1.82, 2.24) is 0 Å². The van der Waals surface area contributed by atoms with Crippen LogP contribution in [0.1, 0.15) is 6.92 Å². The Balaban J connectivity index is 2.09. The minimum Gasteiger partial charge on any atom is -0.360 e. The van der Waals surface area contributed by atoms with E-state index in [-0.39, 0.29) is 16.4 Å². The van der Waals surface area contributed by atoms with Crippen LogP contribution in [0.3, 0.4) is 0 Å². The Kier molecular flexibility index (Phi) is 6.49. The molecule has 28 heavy (non-hydrogen) atoms. The molecule has 0 radical (unpaired) electrons. The summed E-state index contributed by atoms with van der Waals surface area (Å²) in [6.07, 6.45) is 1.22. The van der Waals surface area contributed by atoms with Gasteiger partial charge in [0.2, 0.25) is 15.9 Å². The molecule has 0 aromatic heterocycles. The van der Waals surface area contributed by atoms with Crippen molar-refractivity contribution >= 4 is 38.9 Å². The fourth-order valence-corrected chi connectivity index (χ4v) is 2.64. The highest BCUT2D eigenvalue weighted by Gasteiger charge is 2.11. The summed E-state index contributed by atoms with van der Waals surface area (Å²) in [4.78, 5) is 23.2. The highest BCUT2D eigenvalue weighted by atomic mass is 32.2.